The van der Waals surface area contributed by atoms with Gasteiger partial charge in [0.1, 0.15) is 0 Å². The SMILES string of the molecule is CCn1nc(C)cc1C1CCN(CCC(N)c2ccccc2)CC1.Cl. The maximum absolute atomic E-state index is 6.33. The van der Waals surface area contributed by atoms with Gasteiger partial charge < -0.3 is 10.6 Å². The van der Waals surface area contributed by atoms with Crippen LogP contribution in [0.2, 0.25) is 0 Å². The molecule has 0 bridgehead atoms. The summed E-state index contributed by atoms with van der Waals surface area (Å²) in [7, 11) is 0. The molecule has 0 amide bonds. The lowest BCUT2D eigenvalue weighted by molar-refractivity contribution is 0.202. The molecule has 1 atom stereocenters. The first-order valence-electron chi connectivity index (χ1n) is 9.24. The van der Waals surface area contributed by atoms with Crippen molar-refractivity contribution in [3.63, 3.8) is 0 Å². The van der Waals surface area contributed by atoms with Gasteiger partial charge in [-0.25, -0.2) is 0 Å². The van der Waals surface area contributed by atoms with E-state index >= 15 is 0 Å². The molecule has 4 nitrogen and oxygen atoms in total. The molecule has 1 aliphatic rings. The third-order valence-electron chi connectivity index (χ3n) is 5.22. The highest BCUT2D eigenvalue weighted by Gasteiger charge is 2.23. The molecule has 138 valence electrons. The standard InChI is InChI=1S/C20H30N4.ClH/c1-3-24-20(15-16(2)22-24)18-9-12-23(13-10-18)14-11-19(21)17-7-5-4-6-8-17;/h4-8,15,18-19H,3,9-14,21H2,1-2H3;1H. The van der Waals surface area contributed by atoms with Crippen LogP contribution in [0.15, 0.2) is 36.4 Å². The number of rotatable bonds is 6. The molecule has 1 fully saturated rings. The van der Waals surface area contributed by atoms with E-state index in [2.05, 4.69) is 58.9 Å². The van der Waals surface area contributed by atoms with E-state index in [0.29, 0.717) is 5.92 Å². The summed E-state index contributed by atoms with van der Waals surface area (Å²) in [4.78, 5) is 2.57. The number of piperidine rings is 1. The number of aryl methyl sites for hydroxylation is 2. The minimum Gasteiger partial charge on any atom is -0.324 e. The second-order valence-corrected chi connectivity index (χ2v) is 6.95. The Morgan fingerprint density at radius 3 is 2.52 bits per heavy atom. The zero-order chi connectivity index (χ0) is 16.9. The Morgan fingerprint density at radius 1 is 1.20 bits per heavy atom. The van der Waals surface area contributed by atoms with Crippen molar-refractivity contribution in [2.45, 2.75) is 51.6 Å². The molecule has 1 aliphatic heterocycles. The molecule has 0 spiro atoms. The van der Waals surface area contributed by atoms with E-state index in [9.17, 15) is 0 Å². The number of likely N-dealkylation sites (tertiary alicyclic amines) is 1. The summed E-state index contributed by atoms with van der Waals surface area (Å²) in [5.41, 5.74) is 10.1. The zero-order valence-corrected chi connectivity index (χ0v) is 16.2. The van der Waals surface area contributed by atoms with Crippen LogP contribution in [0.5, 0.6) is 0 Å². The molecule has 1 saturated heterocycles. The number of nitrogens with two attached hydrogens (primary N) is 1. The summed E-state index contributed by atoms with van der Waals surface area (Å²) in [6, 6.07) is 12.9. The molecule has 1 unspecified atom stereocenters. The van der Waals surface area contributed by atoms with E-state index < -0.39 is 0 Å². The Hall–Kier alpha value is -1.36. The topological polar surface area (TPSA) is 47.1 Å². The first-order valence-corrected chi connectivity index (χ1v) is 9.24. The molecule has 1 aromatic carbocycles. The van der Waals surface area contributed by atoms with Crippen LogP contribution in [-0.2, 0) is 6.54 Å². The highest BCUT2D eigenvalue weighted by atomic mass is 35.5. The van der Waals surface area contributed by atoms with Gasteiger partial charge in [0.25, 0.3) is 0 Å². The lowest BCUT2D eigenvalue weighted by Gasteiger charge is -2.32. The van der Waals surface area contributed by atoms with Gasteiger partial charge in [0.2, 0.25) is 0 Å². The van der Waals surface area contributed by atoms with Crippen LogP contribution in [0, 0.1) is 6.92 Å². The fourth-order valence-corrected chi connectivity index (χ4v) is 3.79. The Balaban J connectivity index is 0.00000225. The summed E-state index contributed by atoms with van der Waals surface area (Å²) in [5, 5.41) is 4.60. The van der Waals surface area contributed by atoms with Crippen molar-refractivity contribution in [3.8, 4) is 0 Å². The summed E-state index contributed by atoms with van der Waals surface area (Å²) >= 11 is 0. The van der Waals surface area contributed by atoms with Crippen molar-refractivity contribution in [1.82, 2.24) is 14.7 Å². The van der Waals surface area contributed by atoms with Crippen LogP contribution in [0.1, 0.15) is 55.1 Å². The molecule has 5 heteroatoms. The minimum atomic E-state index is 0. The van der Waals surface area contributed by atoms with Crippen LogP contribution in [0.25, 0.3) is 0 Å². The number of hydrogen-bond donors (Lipinski definition) is 1. The number of benzene rings is 1. The normalized spacial score (nSPS) is 17.2. The molecule has 3 rings (SSSR count). The molecule has 0 saturated carbocycles. The number of aromatic nitrogens is 2. The number of hydrogen-bond acceptors (Lipinski definition) is 3. The molecule has 2 N–H and O–H groups in total. The first kappa shape index (κ1) is 20.0. The van der Waals surface area contributed by atoms with Gasteiger partial charge in [-0.05, 0) is 64.4 Å². The third-order valence-corrected chi connectivity index (χ3v) is 5.22. The second kappa shape index (κ2) is 9.37. The van der Waals surface area contributed by atoms with Crippen LogP contribution in [-0.4, -0.2) is 34.3 Å². The fraction of sp³-hybridized carbons (Fsp3) is 0.550. The smallest absolute Gasteiger partial charge is 0.0596 e. The van der Waals surface area contributed by atoms with Crippen molar-refractivity contribution in [3.05, 3.63) is 53.3 Å². The van der Waals surface area contributed by atoms with Gasteiger partial charge in [-0.1, -0.05) is 30.3 Å². The summed E-state index contributed by atoms with van der Waals surface area (Å²) in [6.45, 7) is 8.66. The molecular formula is C20H31ClN4. The number of nitrogens with zero attached hydrogens (tertiary/aromatic N) is 3. The molecule has 2 aromatic rings. The average Bonchev–Trinajstić information content (AvgIpc) is 3.01. The van der Waals surface area contributed by atoms with E-state index in [1.807, 2.05) is 6.07 Å². The van der Waals surface area contributed by atoms with Crippen molar-refractivity contribution >= 4 is 12.4 Å². The largest absolute Gasteiger partial charge is 0.324 e. The predicted molar refractivity (Wildman–Crippen MR) is 106 cm³/mol. The van der Waals surface area contributed by atoms with Crippen LogP contribution < -0.4 is 5.73 Å². The van der Waals surface area contributed by atoms with E-state index in [0.717, 1.165) is 25.2 Å². The van der Waals surface area contributed by atoms with Crippen molar-refractivity contribution in [2.24, 2.45) is 5.73 Å². The summed E-state index contributed by atoms with van der Waals surface area (Å²) in [6.07, 6.45) is 3.48. The van der Waals surface area contributed by atoms with Crippen LogP contribution >= 0.6 is 12.4 Å². The molecule has 2 heterocycles. The maximum atomic E-state index is 6.33. The van der Waals surface area contributed by atoms with E-state index in [1.54, 1.807) is 0 Å². The van der Waals surface area contributed by atoms with Gasteiger partial charge in [0, 0.05) is 24.2 Å². The highest BCUT2D eigenvalue weighted by Crippen LogP contribution is 2.29. The highest BCUT2D eigenvalue weighted by molar-refractivity contribution is 5.85. The van der Waals surface area contributed by atoms with Gasteiger partial charge in [0.05, 0.1) is 5.69 Å². The summed E-state index contributed by atoms with van der Waals surface area (Å²) in [5.74, 6) is 0.658. The van der Waals surface area contributed by atoms with E-state index in [-0.39, 0.29) is 18.4 Å². The van der Waals surface area contributed by atoms with E-state index in [4.69, 9.17) is 5.73 Å². The monoisotopic (exact) mass is 362 g/mol. The second-order valence-electron chi connectivity index (χ2n) is 6.95. The Bertz CT molecular complexity index is 632. The number of halogens is 1. The van der Waals surface area contributed by atoms with Crippen molar-refractivity contribution < 1.29 is 0 Å². The van der Waals surface area contributed by atoms with Gasteiger partial charge in [0.15, 0.2) is 0 Å². The molecule has 25 heavy (non-hydrogen) atoms. The van der Waals surface area contributed by atoms with Gasteiger partial charge in [-0.2, -0.15) is 5.10 Å². The van der Waals surface area contributed by atoms with Crippen molar-refractivity contribution in [1.29, 1.82) is 0 Å². The Labute approximate surface area is 157 Å². The molecule has 0 radical (unpaired) electrons. The fourth-order valence-electron chi connectivity index (χ4n) is 3.79. The molecule has 1 aromatic heterocycles. The zero-order valence-electron chi connectivity index (χ0n) is 15.4. The average molecular weight is 363 g/mol. The maximum Gasteiger partial charge on any atom is 0.0596 e. The Kier molecular flexibility index (Phi) is 7.48. The third kappa shape index (κ3) is 5.06. The Morgan fingerprint density at radius 2 is 1.88 bits per heavy atom. The first-order chi connectivity index (χ1) is 11.7. The lowest BCUT2D eigenvalue weighted by Crippen LogP contribution is -2.35. The summed E-state index contributed by atoms with van der Waals surface area (Å²) < 4.78 is 2.18. The minimum absolute atomic E-state index is 0. The molecule has 0 aliphatic carbocycles. The van der Waals surface area contributed by atoms with Gasteiger partial charge >= 0.3 is 0 Å². The van der Waals surface area contributed by atoms with Crippen LogP contribution in [0.3, 0.4) is 0 Å². The van der Waals surface area contributed by atoms with Gasteiger partial charge in [-0.3, -0.25) is 4.68 Å². The van der Waals surface area contributed by atoms with Gasteiger partial charge in [-0.15, -0.1) is 12.4 Å². The van der Waals surface area contributed by atoms with Crippen LogP contribution in [0.4, 0.5) is 0 Å². The lowest BCUT2D eigenvalue weighted by atomic mass is 9.92. The van der Waals surface area contributed by atoms with E-state index in [1.165, 1.54) is 37.2 Å². The predicted octanol–water partition coefficient (Wildman–Crippen LogP) is 3.90. The quantitative estimate of drug-likeness (QED) is 0.847. The van der Waals surface area contributed by atoms with Crippen molar-refractivity contribution in [2.75, 3.05) is 19.6 Å². The molecular weight excluding hydrogens is 332 g/mol.